The summed E-state index contributed by atoms with van der Waals surface area (Å²) in [5.41, 5.74) is 0.128. The largest absolute Gasteiger partial charge is 0.469 e. The Balaban J connectivity index is 1.58. The molecule has 3 heterocycles. The average molecular weight is 311 g/mol. The molecule has 3 aliphatic heterocycles. The highest BCUT2D eigenvalue weighted by Crippen LogP contribution is 2.43. The van der Waals surface area contributed by atoms with Crippen LogP contribution in [-0.4, -0.2) is 88.5 Å². The summed E-state index contributed by atoms with van der Waals surface area (Å²) < 4.78 is 10.5. The molecule has 3 saturated heterocycles. The molecule has 1 unspecified atom stereocenters. The van der Waals surface area contributed by atoms with Gasteiger partial charge in [-0.05, 0) is 31.3 Å². The van der Waals surface area contributed by atoms with Crippen LogP contribution in [0.3, 0.4) is 0 Å². The lowest BCUT2D eigenvalue weighted by molar-refractivity contribution is -0.149. The smallest absolute Gasteiger partial charge is 0.310 e. The van der Waals surface area contributed by atoms with Crippen molar-refractivity contribution in [3.05, 3.63) is 0 Å². The van der Waals surface area contributed by atoms with Crippen molar-refractivity contribution in [3.63, 3.8) is 0 Å². The van der Waals surface area contributed by atoms with Gasteiger partial charge >= 0.3 is 5.97 Å². The zero-order valence-corrected chi connectivity index (χ0v) is 13.7. The molecule has 0 saturated carbocycles. The number of morpholine rings is 1. The first-order valence-electron chi connectivity index (χ1n) is 8.54. The number of ether oxygens (including phenoxy) is 2. The van der Waals surface area contributed by atoms with E-state index in [0.717, 1.165) is 78.4 Å². The van der Waals surface area contributed by atoms with Crippen molar-refractivity contribution in [1.82, 2.24) is 15.1 Å². The normalized spacial score (nSPS) is 29.8. The van der Waals surface area contributed by atoms with Gasteiger partial charge in [-0.3, -0.25) is 9.69 Å². The van der Waals surface area contributed by atoms with Crippen molar-refractivity contribution in [2.45, 2.75) is 12.8 Å². The number of carbonyl (C=O) groups is 1. The van der Waals surface area contributed by atoms with Crippen LogP contribution in [0.15, 0.2) is 0 Å². The molecule has 3 aliphatic rings. The first-order chi connectivity index (χ1) is 10.7. The van der Waals surface area contributed by atoms with Gasteiger partial charge in [-0.1, -0.05) is 0 Å². The lowest BCUT2D eigenvalue weighted by Gasteiger charge is -2.37. The van der Waals surface area contributed by atoms with Crippen molar-refractivity contribution in [3.8, 4) is 0 Å². The number of rotatable bonds is 4. The number of nitrogens with one attached hydrogen (secondary N) is 1. The summed E-state index contributed by atoms with van der Waals surface area (Å²) in [6, 6.07) is 0. The maximum absolute atomic E-state index is 12.2. The van der Waals surface area contributed by atoms with Crippen LogP contribution in [0.25, 0.3) is 0 Å². The number of hydrogen-bond acceptors (Lipinski definition) is 6. The van der Waals surface area contributed by atoms with Crippen LogP contribution >= 0.6 is 0 Å². The number of carbonyl (C=O) groups excluding carboxylic acids is 1. The topological polar surface area (TPSA) is 54.0 Å². The molecule has 0 aliphatic carbocycles. The molecule has 0 aromatic rings. The predicted molar refractivity (Wildman–Crippen MR) is 83.7 cm³/mol. The molecule has 6 nitrogen and oxygen atoms in total. The first-order valence-corrected chi connectivity index (χ1v) is 8.54. The number of likely N-dealkylation sites (tertiary alicyclic amines) is 1. The van der Waals surface area contributed by atoms with Crippen LogP contribution in [0, 0.1) is 11.3 Å². The third-order valence-corrected chi connectivity index (χ3v) is 5.64. The summed E-state index contributed by atoms with van der Waals surface area (Å²) in [6.45, 7) is 9.81. The second-order valence-electron chi connectivity index (χ2n) is 6.88. The van der Waals surface area contributed by atoms with Crippen LogP contribution in [0.2, 0.25) is 0 Å². The molecule has 0 aromatic heterocycles. The highest BCUT2D eigenvalue weighted by Gasteiger charge is 2.50. The highest BCUT2D eigenvalue weighted by atomic mass is 16.5. The van der Waals surface area contributed by atoms with Crippen LogP contribution in [0.1, 0.15) is 12.8 Å². The number of methoxy groups -OCH3 is 1. The Morgan fingerprint density at radius 3 is 2.59 bits per heavy atom. The molecule has 1 atom stereocenters. The van der Waals surface area contributed by atoms with E-state index in [0.29, 0.717) is 0 Å². The summed E-state index contributed by atoms with van der Waals surface area (Å²) in [7, 11) is 1.52. The fourth-order valence-electron chi connectivity index (χ4n) is 4.25. The van der Waals surface area contributed by atoms with Gasteiger partial charge in [-0.25, -0.2) is 0 Å². The van der Waals surface area contributed by atoms with E-state index in [1.165, 1.54) is 7.11 Å². The fourth-order valence-corrected chi connectivity index (χ4v) is 4.25. The molecule has 3 rings (SSSR count). The Kier molecular flexibility index (Phi) is 5.33. The van der Waals surface area contributed by atoms with Gasteiger partial charge in [0, 0.05) is 39.3 Å². The van der Waals surface area contributed by atoms with E-state index in [1.807, 2.05) is 0 Å². The molecule has 0 radical (unpaired) electrons. The summed E-state index contributed by atoms with van der Waals surface area (Å²) >= 11 is 0. The molecule has 1 spiro atoms. The number of piperidine rings is 1. The number of nitrogens with zero attached hydrogens (tertiary/aromatic N) is 2. The van der Waals surface area contributed by atoms with Gasteiger partial charge in [0.2, 0.25) is 0 Å². The minimum absolute atomic E-state index is 0.0178. The molecule has 22 heavy (non-hydrogen) atoms. The predicted octanol–water partition coefficient (Wildman–Crippen LogP) is -0.207. The van der Waals surface area contributed by atoms with Gasteiger partial charge < -0.3 is 19.7 Å². The van der Waals surface area contributed by atoms with Gasteiger partial charge in [-0.2, -0.15) is 0 Å². The van der Waals surface area contributed by atoms with Gasteiger partial charge in [-0.15, -0.1) is 0 Å². The van der Waals surface area contributed by atoms with Gasteiger partial charge in [0.25, 0.3) is 0 Å². The maximum Gasteiger partial charge on any atom is 0.310 e. The van der Waals surface area contributed by atoms with Gasteiger partial charge in [0.1, 0.15) is 0 Å². The van der Waals surface area contributed by atoms with E-state index in [2.05, 4.69) is 15.1 Å². The lowest BCUT2D eigenvalue weighted by Crippen LogP contribution is -2.44. The van der Waals surface area contributed by atoms with E-state index in [9.17, 15) is 4.79 Å². The second kappa shape index (κ2) is 7.25. The van der Waals surface area contributed by atoms with E-state index in [4.69, 9.17) is 9.47 Å². The summed E-state index contributed by atoms with van der Waals surface area (Å²) in [4.78, 5) is 17.2. The average Bonchev–Trinajstić information content (AvgIpc) is 2.92. The Morgan fingerprint density at radius 1 is 1.23 bits per heavy atom. The zero-order chi connectivity index (χ0) is 15.4. The van der Waals surface area contributed by atoms with Crippen LogP contribution in [0.5, 0.6) is 0 Å². The van der Waals surface area contributed by atoms with E-state index >= 15 is 0 Å². The monoisotopic (exact) mass is 311 g/mol. The SMILES string of the molecule is COC(=O)C1CN(CCN2CCOCC2)CC12CCNCC2. The Labute approximate surface area is 133 Å². The lowest BCUT2D eigenvalue weighted by atomic mass is 9.71. The molecule has 1 N–H and O–H groups in total. The van der Waals surface area contributed by atoms with Gasteiger partial charge in [0.15, 0.2) is 0 Å². The highest BCUT2D eigenvalue weighted by molar-refractivity contribution is 5.74. The molecule has 126 valence electrons. The minimum atomic E-state index is -0.0178. The van der Waals surface area contributed by atoms with Crippen molar-refractivity contribution in [1.29, 1.82) is 0 Å². The Hall–Kier alpha value is -0.690. The third kappa shape index (κ3) is 3.45. The third-order valence-electron chi connectivity index (χ3n) is 5.64. The van der Waals surface area contributed by atoms with E-state index in [1.54, 1.807) is 0 Å². The van der Waals surface area contributed by atoms with Crippen LogP contribution in [0.4, 0.5) is 0 Å². The number of hydrogen-bond donors (Lipinski definition) is 1. The molecule has 0 aromatic carbocycles. The van der Waals surface area contributed by atoms with Crippen LogP contribution in [-0.2, 0) is 14.3 Å². The van der Waals surface area contributed by atoms with Crippen LogP contribution < -0.4 is 5.32 Å². The molecular weight excluding hydrogens is 282 g/mol. The summed E-state index contributed by atoms with van der Waals surface area (Å²) in [5, 5.41) is 3.42. The molecule has 0 bridgehead atoms. The molecular formula is C16H29N3O3. The summed E-state index contributed by atoms with van der Waals surface area (Å²) in [5.74, 6) is 0.0278. The van der Waals surface area contributed by atoms with E-state index in [-0.39, 0.29) is 17.3 Å². The van der Waals surface area contributed by atoms with Gasteiger partial charge in [0.05, 0.1) is 26.2 Å². The molecule has 3 fully saturated rings. The fraction of sp³-hybridized carbons (Fsp3) is 0.938. The van der Waals surface area contributed by atoms with Crippen molar-refractivity contribution in [2.75, 3.05) is 72.7 Å². The minimum Gasteiger partial charge on any atom is -0.469 e. The maximum atomic E-state index is 12.2. The molecule has 6 heteroatoms. The van der Waals surface area contributed by atoms with E-state index < -0.39 is 0 Å². The Morgan fingerprint density at radius 2 is 1.91 bits per heavy atom. The van der Waals surface area contributed by atoms with Crippen molar-refractivity contribution < 1.29 is 14.3 Å². The number of esters is 1. The first kappa shape index (κ1) is 16.2. The zero-order valence-electron chi connectivity index (χ0n) is 13.7. The Bertz CT molecular complexity index is 379. The van der Waals surface area contributed by atoms with Crippen molar-refractivity contribution >= 4 is 5.97 Å². The standard InChI is InChI=1S/C16H29N3O3/c1-21-15(20)14-12-19(7-6-18-8-10-22-11-9-18)13-16(14)2-4-17-5-3-16/h14,17H,2-13H2,1H3. The quantitative estimate of drug-likeness (QED) is 0.725. The molecule has 0 amide bonds. The van der Waals surface area contributed by atoms with Crippen molar-refractivity contribution in [2.24, 2.45) is 11.3 Å². The second-order valence-corrected chi connectivity index (χ2v) is 6.88. The summed E-state index contributed by atoms with van der Waals surface area (Å²) in [6.07, 6.45) is 2.17.